The Morgan fingerprint density at radius 1 is 0.786 bits per heavy atom. The normalized spacial score (nSPS) is 10.5. The summed E-state index contributed by atoms with van der Waals surface area (Å²) >= 11 is 0. The van der Waals surface area contributed by atoms with Gasteiger partial charge in [0.2, 0.25) is 5.43 Å². The van der Waals surface area contributed by atoms with E-state index >= 15 is 0 Å². The van der Waals surface area contributed by atoms with Crippen LogP contribution < -0.4 is 19.6 Å². The lowest BCUT2D eigenvalue weighted by atomic mass is 10.2. The Morgan fingerprint density at radius 2 is 1.36 bits per heavy atom. The minimum atomic E-state index is -0.185. The third-order valence-corrected chi connectivity index (χ3v) is 4.18. The molecule has 6 heteroatoms. The molecule has 1 aromatic heterocycles. The zero-order valence-electron chi connectivity index (χ0n) is 15.9. The summed E-state index contributed by atoms with van der Waals surface area (Å²) in [6.45, 7) is 1.06. The fourth-order valence-corrected chi connectivity index (χ4v) is 2.58. The summed E-state index contributed by atoms with van der Waals surface area (Å²) in [7, 11) is 3.25. The van der Waals surface area contributed by atoms with Crippen LogP contribution in [0.1, 0.15) is 16.8 Å². The first-order chi connectivity index (χ1) is 13.7. The molecule has 0 atom stereocenters. The average molecular weight is 381 g/mol. The van der Waals surface area contributed by atoms with E-state index in [0.717, 1.165) is 22.6 Å². The summed E-state index contributed by atoms with van der Waals surface area (Å²) in [5.41, 5.74) is 2.49. The molecule has 1 heterocycles. The van der Waals surface area contributed by atoms with Crippen LogP contribution in [0.15, 0.2) is 65.6 Å². The molecule has 0 radical (unpaired) electrons. The van der Waals surface area contributed by atoms with E-state index < -0.39 is 0 Å². The highest BCUT2D eigenvalue weighted by molar-refractivity contribution is 5.28. The molecule has 28 heavy (non-hydrogen) atoms. The van der Waals surface area contributed by atoms with Gasteiger partial charge in [-0.15, -0.1) is 0 Å². The van der Waals surface area contributed by atoms with Crippen molar-refractivity contribution in [1.82, 2.24) is 4.98 Å². The van der Waals surface area contributed by atoms with E-state index in [1.165, 1.54) is 6.07 Å². The summed E-state index contributed by atoms with van der Waals surface area (Å²) in [5, 5.41) is 0. The van der Waals surface area contributed by atoms with Gasteiger partial charge >= 0.3 is 0 Å². The third kappa shape index (κ3) is 5.37. The van der Waals surface area contributed by atoms with Crippen LogP contribution in [-0.4, -0.2) is 19.2 Å². The fourth-order valence-electron chi connectivity index (χ4n) is 2.58. The Bertz CT molecular complexity index is 932. The van der Waals surface area contributed by atoms with Crippen molar-refractivity contribution < 1.29 is 18.9 Å². The van der Waals surface area contributed by atoms with Crippen molar-refractivity contribution in [2.45, 2.75) is 19.8 Å². The van der Waals surface area contributed by atoms with Crippen molar-refractivity contribution >= 4 is 0 Å². The number of aromatic amines is 1. The summed E-state index contributed by atoms with van der Waals surface area (Å²) in [6.07, 6.45) is 1.57. The second-order valence-electron chi connectivity index (χ2n) is 6.16. The van der Waals surface area contributed by atoms with Crippen LogP contribution in [-0.2, 0) is 24.6 Å². The van der Waals surface area contributed by atoms with Crippen LogP contribution in [0.4, 0.5) is 0 Å². The van der Waals surface area contributed by atoms with Gasteiger partial charge in [-0.2, -0.15) is 0 Å². The van der Waals surface area contributed by atoms with Gasteiger partial charge in [0.25, 0.3) is 0 Å². The molecule has 6 nitrogen and oxygen atoms in total. The molecule has 0 aliphatic rings. The van der Waals surface area contributed by atoms with E-state index in [1.807, 2.05) is 48.5 Å². The number of rotatable bonds is 9. The standard InChI is InChI=1S/C22H23NO5/c1-25-19-7-3-16(4-8-19)13-27-15-18-11-21(24)22(12-23-18)28-14-17-5-9-20(26-2)10-6-17/h3-12H,13-15H2,1-2H3,(H,23,24). The first-order valence-electron chi connectivity index (χ1n) is 8.86. The maximum atomic E-state index is 12.2. The van der Waals surface area contributed by atoms with Gasteiger partial charge in [0.15, 0.2) is 5.75 Å². The van der Waals surface area contributed by atoms with E-state index in [-0.39, 0.29) is 11.2 Å². The van der Waals surface area contributed by atoms with Crippen molar-refractivity contribution in [2.75, 3.05) is 14.2 Å². The van der Waals surface area contributed by atoms with Crippen molar-refractivity contribution in [2.24, 2.45) is 0 Å². The predicted molar refractivity (Wildman–Crippen MR) is 106 cm³/mol. The molecule has 0 fully saturated rings. The molecule has 0 saturated carbocycles. The van der Waals surface area contributed by atoms with Crippen molar-refractivity contribution in [3.05, 3.63) is 87.8 Å². The Hall–Kier alpha value is -3.25. The fraction of sp³-hybridized carbons (Fsp3) is 0.227. The summed E-state index contributed by atoms with van der Waals surface area (Å²) in [6, 6.07) is 16.7. The van der Waals surface area contributed by atoms with Crippen molar-refractivity contribution in [1.29, 1.82) is 0 Å². The van der Waals surface area contributed by atoms with Gasteiger partial charge in [0, 0.05) is 18.0 Å². The molecule has 0 unspecified atom stereocenters. The van der Waals surface area contributed by atoms with Gasteiger partial charge in [0.1, 0.15) is 18.1 Å². The highest BCUT2D eigenvalue weighted by Crippen LogP contribution is 2.14. The van der Waals surface area contributed by atoms with Gasteiger partial charge in [-0.25, -0.2) is 0 Å². The zero-order chi connectivity index (χ0) is 19.8. The zero-order valence-corrected chi connectivity index (χ0v) is 15.9. The molecular formula is C22H23NO5. The molecular weight excluding hydrogens is 358 g/mol. The van der Waals surface area contributed by atoms with Crippen LogP contribution in [0.3, 0.4) is 0 Å². The molecule has 0 aliphatic heterocycles. The molecule has 0 spiro atoms. The van der Waals surface area contributed by atoms with E-state index in [2.05, 4.69) is 4.98 Å². The number of ether oxygens (including phenoxy) is 4. The van der Waals surface area contributed by atoms with Gasteiger partial charge in [0.05, 0.1) is 27.4 Å². The highest BCUT2D eigenvalue weighted by Gasteiger charge is 2.04. The summed E-state index contributed by atoms with van der Waals surface area (Å²) in [4.78, 5) is 15.3. The second-order valence-corrected chi connectivity index (χ2v) is 6.16. The molecule has 2 aromatic carbocycles. The average Bonchev–Trinajstić information content (AvgIpc) is 2.74. The minimum Gasteiger partial charge on any atom is -0.497 e. The van der Waals surface area contributed by atoms with E-state index in [0.29, 0.717) is 25.5 Å². The van der Waals surface area contributed by atoms with Crippen LogP contribution in [0.5, 0.6) is 17.2 Å². The topological polar surface area (TPSA) is 69.8 Å². The molecule has 0 bridgehead atoms. The van der Waals surface area contributed by atoms with Gasteiger partial charge in [-0.3, -0.25) is 4.79 Å². The number of hydrogen-bond donors (Lipinski definition) is 1. The van der Waals surface area contributed by atoms with Crippen LogP contribution in [0, 0.1) is 0 Å². The van der Waals surface area contributed by atoms with Crippen LogP contribution >= 0.6 is 0 Å². The van der Waals surface area contributed by atoms with E-state index in [1.54, 1.807) is 20.4 Å². The monoisotopic (exact) mass is 381 g/mol. The Kier molecular flexibility index (Phi) is 6.70. The van der Waals surface area contributed by atoms with Gasteiger partial charge < -0.3 is 23.9 Å². The summed E-state index contributed by atoms with van der Waals surface area (Å²) in [5.74, 6) is 1.86. The lowest BCUT2D eigenvalue weighted by Crippen LogP contribution is -2.10. The molecule has 146 valence electrons. The number of H-pyrrole nitrogens is 1. The number of hydrogen-bond acceptors (Lipinski definition) is 5. The first kappa shape index (κ1) is 19.5. The van der Waals surface area contributed by atoms with E-state index in [9.17, 15) is 4.79 Å². The van der Waals surface area contributed by atoms with Gasteiger partial charge in [-0.05, 0) is 35.4 Å². The molecule has 3 rings (SSSR count). The first-order valence-corrected chi connectivity index (χ1v) is 8.86. The highest BCUT2D eigenvalue weighted by atomic mass is 16.5. The largest absolute Gasteiger partial charge is 0.497 e. The van der Waals surface area contributed by atoms with Crippen molar-refractivity contribution in [3.8, 4) is 17.2 Å². The predicted octanol–water partition coefficient (Wildman–Crippen LogP) is 3.69. The number of pyridine rings is 1. The number of nitrogens with one attached hydrogen (secondary N) is 1. The molecule has 0 saturated heterocycles. The van der Waals surface area contributed by atoms with Gasteiger partial charge in [-0.1, -0.05) is 24.3 Å². The third-order valence-electron chi connectivity index (χ3n) is 4.18. The van der Waals surface area contributed by atoms with Crippen LogP contribution in [0.25, 0.3) is 0 Å². The molecule has 0 amide bonds. The SMILES string of the molecule is COc1ccc(COCc2cc(=O)c(OCc3ccc(OC)cc3)c[nH]2)cc1. The Morgan fingerprint density at radius 3 is 1.89 bits per heavy atom. The van der Waals surface area contributed by atoms with E-state index in [4.69, 9.17) is 18.9 Å². The summed E-state index contributed by atoms with van der Waals surface area (Å²) < 4.78 is 21.5. The molecule has 3 aromatic rings. The lowest BCUT2D eigenvalue weighted by Gasteiger charge is -2.08. The number of aromatic nitrogens is 1. The number of benzene rings is 2. The van der Waals surface area contributed by atoms with Crippen LogP contribution in [0.2, 0.25) is 0 Å². The minimum absolute atomic E-state index is 0.185. The smallest absolute Gasteiger partial charge is 0.223 e. The number of methoxy groups -OCH3 is 2. The van der Waals surface area contributed by atoms with Crippen molar-refractivity contribution in [3.63, 3.8) is 0 Å². The lowest BCUT2D eigenvalue weighted by molar-refractivity contribution is 0.104. The molecule has 1 N–H and O–H groups in total. The second kappa shape index (κ2) is 9.62. The quantitative estimate of drug-likeness (QED) is 0.612. The Labute approximate surface area is 163 Å². The maximum Gasteiger partial charge on any atom is 0.223 e. The molecule has 0 aliphatic carbocycles. The maximum absolute atomic E-state index is 12.2. The Balaban J connectivity index is 1.50.